The van der Waals surface area contributed by atoms with Crippen LogP contribution in [0.3, 0.4) is 0 Å². The van der Waals surface area contributed by atoms with Crippen molar-refractivity contribution in [2.75, 3.05) is 7.11 Å². The van der Waals surface area contributed by atoms with E-state index < -0.39 is 6.04 Å². The molecule has 0 spiro atoms. The zero-order chi connectivity index (χ0) is 14.8. The standard InChI is InChI=1S/C14H13BrN4O2/c1-20-9-4-2-8(3-5-9)12(16)14-17-13(18-19-14)10-6-7-11(15)21-10/h2-7,12H,16H2,1H3,(H,17,18,19). The lowest BCUT2D eigenvalue weighted by Gasteiger charge is -2.09. The maximum Gasteiger partial charge on any atom is 0.217 e. The van der Waals surface area contributed by atoms with Gasteiger partial charge in [-0.3, -0.25) is 5.10 Å². The van der Waals surface area contributed by atoms with E-state index >= 15 is 0 Å². The van der Waals surface area contributed by atoms with Crippen LogP contribution in [0.4, 0.5) is 0 Å². The van der Waals surface area contributed by atoms with Crippen molar-refractivity contribution < 1.29 is 9.15 Å². The molecule has 0 bridgehead atoms. The van der Waals surface area contributed by atoms with E-state index in [0.717, 1.165) is 11.3 Å². The summed E-state index contributed by atoms with van der Waals surface area (Å²) >= 11 is 3.25. The monoisotopic (exact) mass is 348 g/mol. The second-order valence-corrected chi connectivity index (χ2v) is 5.18. The summed E-state index contributed by atoms with van der Waals surface area (Å²) < 4.78 is 11.2. The number of benzene rings is 1. The Hall–Kier alpha value is -2.12. The molecule has 0 aliphatic carbocycles. The van der Waals surface area contributed by atoms with Crippen LogP contribution < -0.4 is 10.5 Å². The maximum atomic E-state index is 6.19. The molecule has 0 aliphatic heterocycles. The second-order valence-electron chi connectivity index (χ2n) is 4.40. The number of nitrogens with two attached hydrogens (primary N) is 1. The van der Waals surface area contributed by atoms with Gasteiger partial charge in [0.1, 0.15) is 11.6 Å². The summed E-state index contributed by atoms with van der Waals surface area (Å²) in [7, 11) is 1.62. The summed E-state index contributed by atoms with van der Waals surface area (Å²) in [5, 5.41) is 6.97. The highest BCUT2D eigenvalue weighted by Crippen LogP contribution is 2.24. The van der Waals surface area contributed by atoms with Crippen molar-refractivity contribution in [3.63, 3.8) is 0 Å². The van der Waals surface area contributed by atoms with Gasteiger partial charge in [0.2, 0.25) is 5.82 Å². The molecule has 3 rings (SSSR count). The Balaban J connectivity index is 1.84. The molecule has 7 heteroatoms. The molecule has 0 saturated heterocycles. The zero-order valence-electron chi connectivity index (χ0n) is 11.2. The molecule has 0 aliphatic rings. The highest BCUT2D eigenvalue weighted by molar-refractivity contribution is 9.10. The molecule has 6 nitrogen and oxygen atoms in total. The largest absolute Gasteiger partial charge is 0.497 e. The molecule has 0 fully saturated rings. The summed E-state index contributed by atoms with van der Waals surface area (Å²) in [5.41, 5.74) is 7.11. The fourth-order valence-corrected chi connectivity index (χ4v) is 2.23. The van der Waals surface area contributed by atoms with Gasteiger partial charge in [-0.15, -0.1) is 5.10 Å². The number of hydrogen-bond acceptors (Lipinski definition) is 5. The minimum Gasteiger partial charge on any atom is -0.497 e. The molecule has 0 amide bonds. The van der Waals surface area contributed by atoms with Gasteiger partial charge in [0.05, 0.1) is 13.2 Å². The number of H-pyrrole nitrogens is 1. The highest BCUT2D eigenvalue weighted by atomic mass is 79.9. The SMILES string of the molecule is COc1ccc(C(N)c2nc(-c3ccc(Br)o3)n[nH]2)cc1. The van der Waals surface area contributed by atoms with Crippen LogP contribution in [0.2, 0.25) is 0 Å². The van der Waals surface area contributed by atoms with Crippen molar-refractivity contribution in [1.82, 2.24) is 15.2 Å². The summed E-state index contributed by atoms with van der Waals surface area (Å²) in [5.74, 6) is 2.40. The predicted molar refractivity (Wildman–Crippen MR) is 80.8 cm³/mol. The van der Waals surface area contributed by atoms with Crippen LogP contribution in [0.25, 0.3) is 11.6 Å². The summed E-state index contributed by atoms with van der Waals surface area (Å²) in [4.78, 5) is 4.38. The highest BCUT2D eigenvalue weighted by Gasteiger charge is 2.16. The Labute approximate surface area is 129 Å². The third-order valence-electron chi connectivity index (χ3n) is 3.07. The quantitative estimate of drug-likeness (QED) is 0.756. The van der Waals surface area contributed by atoms with Gasteiger partial charge in [0.15, 0.2) is 10.4 Å². The molecule has 3 N–H and O–H groups in total. The van der Waals surface area contributed by atoms with E-state index in [1.165, 1.54) is 0 Å². The first kappa shape index (κ1) is 13.8. The summed E-state index contributed by atoms with van der Waals surface area (Å²) in [6, 6.07) is 10.7. The Bertz CT molecular complexity index is 736. The minimum absolute atomic E-state index is 0.393. The lowest BCUT2D eigenvalue weighted by molar-refractivity contribution is 0.414. The molecule has 3 aromatic rings. The first-order valence-corrected chi connectivity index (χ1v) is 7.04. The molecule has 1 atom stereocenters. The van der Waals surface area contributed by atoms with Gasteiger partial charge in [-0.05, 0) is 45.8 Å². The first-order valence-electron chi connectivity index (χ1n) is 6.25. The van der Waals surface area contributed by atoms with Gasteiger partial charge >= 0.3 is 0 Å². The molecule has 21 heavy (non-hydrogen) atoms. The average Bonchev–Trinajstić information content (AvgIpc) is 3.15. The number of furan rings is 1. The van der Waals surface area contributed by atoms with Gasteiger partial charge in [0, 0.05) is 0 Å². The molecule has 2 heterocycles. The van der Waals surface area contributed by atoms with Crippen LogP contribution in [0.1, 0.15) is 17.4 Å². The third-order valence-corrected chi connectivity index (χ3v) is 3.49. The molecule has 1 aromatic carbocycles. The van der Waals surface area contributed by atoms with E-state index in [1.54, 1.807) is 19.2 Å². The molecular formula is C14H13BrN4O2. The van der Waals surface area contributed by atoms with Crippen molar-refractivity contribution in [3.8, 4) is 17.3 Å². The van der Waals surface area contributed by atoms with Crippen molar-refractivity contribution >= 4 is 15.9 Å². The lowest BCUT2D eigenvalue weighted by Crippen LogP contribution is -2.13. The van der Waals surface area contributed by atoms with Crippen LogP contribution in [-0.2, 0) is 0 Å². The average molecular weight is 349 g/mol. The van der Waals surface area contributed by atoms with Crippen molar-refractivity contribution in [2.24, 2.45) is 5.73 Å². The second kappa shape index (κ2) is 5.71. The first-order chi connectivity index (χ1) is 10.2. The third kappa shape index (κ3) is 2.84. The molecule has 0 radical (unpaired) electrons. The molecule has 0 saturated carbocycles. The number of rotatable bonds is 4. The molecule has 1 unspecified atom stereocenters. The summed E-state index contributed by atoms with van der Waals surface area (Å²) in [6.07, 6.45) is 0. The van der Waals surface area contributed by atoms with E-state index in [9.17, 15) is 0 Å². The number of halogens is 1. The van der Waals surface area contributed by atoms with E-state index in [4.69, 9.17) is 14.9 Å². The maximum absolute atomic E-state index is 6.19. The Morgan fingerprint density at radius 2 is 2.00 bits per heavy atom. The van der Waals surface area contributed by atoms with Gasteiger partial charge in [-0.2, -0.15) is 0 Å². The number of nitrogens with one attached hydrogen (secondary N) is 1. The van der Waals surface area contributed by atoms with Crippen LogP contribution in [0.15, 0.2) is 45.5 Å². The van der Waals surface area contributed by atoms with Crippen LogP contribution in [0, 0.1) is 0 Å². The van der Waals surface area contributed by atoms with Crippen molar-refractivity contribution in [3.05, 3.63) is 52.5 Å². The van der Waals surface area contributed by atoms with Crippen LogP contribution in [0.5, 0.6) is 5.75 Å². The number of methoxy groups -OCH3 is 1. The number of nitrogens with zero attached hydrogens (tertiary/aromatic N) is 2. The van der Waals surface area contributed by atoms with E-state index in [1.807, 2.05) is 24.3 Å². The number of aromatic nitrogens is 3. The Kier molecular flexibility index (Phi) is 3.76. The van der Waals surface area contributed by atoms with E-state index in [-0.39, 0.29) is 0 Å². The van der Waals surface area contributed by atoms with Crippen molar-refractivity contribution in [2.45, 2.75) is 6.04 Å². The number of ether oxygens (including phenoxy) is 1. The normalized spacial score (nSPS) is 12.3. The van der Waals surface area contributed by atoms with Gasteiger partial charge in [-0.25, -0.2) is 4.98 Å². The van der Waals surface area contributed by atoms with E-state index in [0.29, 0.717) is 22.1 Å². The van der Waals surface area contributed by atoms with Gasteiger partial charge in [-0.1, -0.05) is 12.1 Å². The topological polar surface area (TPSA) is 90.0 Å². The zero-order valence-corrected chi connectivity index (χ0v) is 12.8. The number of aromatic amines is 1. The van der Waals surface area contributed by atoms with Crippen molar-refractivity contribution in [1.29, 1.82) is 0 Å². The smallest absolute Gasteiger partial charge is 0.217 e. The molecular weight excluding hydrogens is 336 g/mol. The van der Waals surface area contributed by atoms with Crippen LogP contribution in [-0.4, -0.2) is 22.3 Å². The fraction of sp³-hybridized carbons (Fsp3) is 0.143. The minimum atomic E-state index is -0.393. The molecule has 108 valence electrons. The molecule has 2 aromatic heterocycles. The Morgan fingerprint density at radius 3 is 2.62 bits per heavy atom. The lowest BCUT2D eigenvalue weighted by atomic mass is 10.1. The number of hydrogen-bond donors (Lipinski definition) is 2. The van der Waals surface area contributed by atoms with Crippen LogP contribution >= 0.6 is 15.9 Å². The Morgan fingerprint density at radius 1 is 1.24 bits per heavy atom. The van der Waals surface area contributed by atoms with E-state index in [2.05, 4.69) is 31.1 Å². The predicted octanol–water partition coefficient (Wildman–Crippen LogP) is 2.88. The van der Waals surface area contributed by atoms with Gasteiger partial charge in [0.25, 0.3) is 0 Å². The summed E-state index contributed by atoms with van der Waals surface area (Å²) in [6.45, 7) is 0. The fourth-order valence-electron chi connectivity index (χ4n) is 1.93. The van der Waals surface area contributed by atoms with Gasteiger partial charge < -0.3 is 14.9 Å².